The number of fused-ring (bicyclic) bond motifs is 1. The molecule has 0 spiro atoms. The molecule has 21 heavy (non-hydrogen) atoms. The van der Waals surface area contributed by atoms with Crippen molar-refractivity contribution >= 4 is 15.9 Å². The van der Waals surface area contributed by atoms with E-state index in [4.69, 9.17) is 9.47 Å². The Morgan fingerprint density at radius 3 is 2.48 bits per heavy atom. The molecule has 1 unspecified atom stereocenters. The Labute approximate surface area is 130 Å². The summed E-state index contributed by atoms with van der Waals surface area (Å²) in [5.41, 5.74) is 1.66. The van der Waals surface area contributed by atoms with Crippen LogP contribution in [0, 0.1) is 12.7 Å². The second kappa shape index (κ2) is 5.66. The summed E-state index contributed by atoms with van der Waals surface area (Å²) < 4.78 is 25.4. The van der Waals surface area contributed by atoms with Crippen molar-refractivity contribution in [3.8, 4) is 11.5 Å². The lowest BCUT2D eigenvalue weighted by atomic mass is 9.99. The van der Waals surface area contributed by atoms with E-state index in [-0.39, 0.29) is 5.82 Å². The van der Waals surface area contributed by atoms with Gasteiger partial charge in [0.1, 0.15) is 25.1 Å². The first-order valence-corrected chi connectivity index (χ1v) is 7.38. The quantitative estimate of drug-likeness (QED) is 0.894. The minimum atomic E-state index is -0.940. The summed E-state index contributed by atoms with van der Waals surface area (Å²) in [7, 11) is 0. The summed E-state index contributed by atoms with van der Waals surface area (Å²) in [4.78, 5) is 0. The van der Waals surface area contributed by atoms with Crippen LogP contribution in [0.2, 0.25) is 0 Å². The predicted molar refractivity (Wildman–Crippen MR) is 80.3 cm³/mol. The zero-order valence-corrected chi connectivity index (χ0v) is 13.0. The van der Waals surface area contributed by atoms with E-state index in [9.17, 15) is 9.50 Å². The molecule has 1 N–H and O–H groups in total. The van der Waals surface area contributed by atoms with Gasteiger partial charge in [0.05, 0.1) is 0 Å². The van der Waals surface area contributed by atoms with Crippen molar-refractivity contribution in [1.82, 2.24) is 0 Å². The molecule has 0 fully saturated rings. The highest BCUT2D eigenvalue weighted by molar-refractivity contribution is 9.10. The van der Waals surface area contributed by atoms with Gasteiger partial charge >= 0.3 is 0 Å². The number of benzene rings is 2. The number of aliphatic hydroxyl groups excluding tert-OH is 1. The Morgan fingerprint density at radius 2 is 1.81 bits per heavy atom. The zero-order chi connectivity index (χ0) is 15.0. The van der Waals surface area contributed by atoms with Gasteiger partial charge in [-0.2, -0.15) is 0 Å². The molecule has 0 amide bonds. The fourth-order valence-corrected chi connectivity index (χ4v) is 2.79. The average molecular weight is 353 g/mol. The van der Waals surface area contributed by atoms with Crippen LogP contribution in [0.4, 0.5) is 4.39 Å². The Bertz CT molecular complexity index is 687. The third kappa shape index (κ3) is 2.76. The molecule has 5 heteroatoms. The molecule has 0 aromatic heterocycles. The molecular weight excluding hydrogens is 339 g/mol. The van der Waals surface area contributed by atoms with Crippen LogP contribution >= 0.6 is 15.9 Å². The zero-order valence-electron chi connectivity index (χ0n) is 11.4. The number of aryl methyl sites for hydroxylation is 1. The van der Waals surface area contributed by atoms with Crippen molar-refractivity contribution in [2.24, 2.45) is 0 Å². The Kier molecular flexibility index (Phi) is 3.87. The molecular formula is C16H14BrFO3. The molecule has 0 radical (unpaired) electrons. The molecule has 3 rings (SSSR count). The van der Waals surface area contributed by atoms with Crippen LogP contribution in [0.1, 0.15) is 22.8 Å². The van der Waals surface area contributed by atoms with Crippen molar-refractivity contribution in [3.63, 3.8) is 0 Å². The van der Waals surface area contributed by atoms with Crippen LogP contribution in [-0.2, 0) is 0 Å². The van der Waals surface area contributed by atoms with Gasteiger partial charge < -0.3 is 14.6 Å². The molecule has 2 aromatic carbocycles. The van der Waals surface area contributed by atoms with Gasteiger partial charge in [-0.25, -0.2) is 4.39 Å². The molecule has 0 saturated carbocycles. The number of hydrogen-bond acceptors (Lipinski definition) is 3. The topological polar surface area (TPSA) is 38.7 Å². The predicted octanol–water partition coefficient (Wildman–Crippen LogP) is 3.75. The maximum Gasteiger partial charge on any atom is 0.162 e. The average Bonchev–Trinajstić information content (AvgIpc) is 2.48. The van der Waals surface area contributed by atoms with Gasteiger partial charge in [-0.1, -0.05) is 28.1 Å². The molecule has 3 nitrogen and oxygen atoms in total. The van der Waals surface area contributed by atoms with Crippen molar-refractivity contribution in [2.75, 3.05) is 13.2 Å². The van der Waals surface area contributed by atoms with E-state index in [2.05, 4.69) is 15.9 Å². The first-order chi connectivity index (χ1) is 10.1. The minimum Gasteiger partial charge on any atom is -0.486 e. The van der Waals surface area contributed by atoms with Gasteiger partial charge in [0.25, 0.3) is 0 Å². The van der Waals surface area contributed by atoms with Crippen LogP contribution in [-0.4, -0.2) is 18.3 Å². The van der Waals surface area contributed by atoms with E-state index in [1.807, 2.05) is 0 Å². The van der Waals surface area contributed by atoms with Crippen LogP contribution in [0.25, 0.3) is 0 Å². The van der Waals surface area contributed by atoms with Gasteiger partial charge in [0.15, 0.2) is 11.5 Å². The summed E-state index contributed by atoms with van der Waals surface area (Å²) in [5.74, 6) is 0.894. The second-order valence-corrected chi connectivity index (χ2v) is 5.78. The van der Waals surface area contributed by atoms with Crippen molar-refractivity contribution in [3.05, 3.63) is 57.3 Å². The fraction of sp³-hybridized carbons (Fsp3) is 0.250. The summed E-state index contributed by atoms with van der Waals surface area (Å²) >= 11 is 3.42. The monoisotopic (exact) mass is 352 g/mol. The van der Waals surface area contributed by atoms with E-state index in [0.29, 0.717) is 45.9 Å². The summed E-state index contributed by atoms with van der Waals surface area (Å²) in [5, 5.41) is 10.5. The minimum absolute atomic E-state index is 0.333. The molecule has 0 bridgehead atoms. The Hall–Kier alpha value is -1.59. The fourth-order valence-electron chi connectivity index (χ4n) is 2.25. The van der Waals surface area contributed by atoms with Crippen LogP contribution < -0.4 is 9.47 Å². The Balaban J connectivity index is 2.00. The van der Waals surface area contributed by atoms with Gasteiger partial charge in [-0.3, -0.25) is 0 Å². The van der Waals surface area contributed by atoms with E-state index >= 15 is 0 Å². The summed E-state index contributed by atoms with van der Waals surface area (Å²) in [6.45, 7) is 2.67. The molecule has 2 aromatic rings. The van der Waals surface area contributed by atoms with Gasteiger partial charge in [0, 0.05) is 10.0 Å². The lowest BCUT2D eigenvalue weighted by Gasteiger charge is -2.21. The Morgan fingerprint density at radius 1 is 1.14 bits per heavy atom. The van der Waals surface area contributed by atoms with Crippen LogP contribution in [0.3, 0.4) is 0 Å². The number of ether oxygens (including phenoxy) is 2. The largest absolute Gasteiger partial charge is 0.486 e. The highest BCUT2D eigenvalue weighted by atomic mass is 79.9. The molecule has 0 aliphatic carbocycles. The highest BCUT2D eigenvalue weighted by Gasteiger charge is 2.20. The number of hydrogen-bond donors (Lipinski definition) is 1. The van der Waals surface area contributed by atoms with Crippen LogP contribution in [0.15, 0.2) is 34.8 Å². The normalized spacial score (nSPS) is 14.9. The third-order valence-electron chi connectivity index (χ3n) is 3.47. The van der Waals surface area contributed by atoms with E-state index in [1.165, 1.54) is 6.07 Å². The van der Waals surface area contributed by atoms with Crippen molar-refractivity contribution in [1.29, 1.82) is 0 Å². The van der Waals surface area contributed by atoms with Crippen molar-refractivity contribution in [2.45, 2.75) is 13.0 Å². The third-order valence-corrected chi connectivity index (χ3v) is 4.15. The number of aliphatic hydroxyl groups is 1. The molecule has 1 atom stereocenters. The highest BCUT2D eigenvalue weighted by Crippen LogP contribution is 2.39. The van der Waals surface area contributed by atoms with E-state index in [1.54, 1.807) is 31.2 Å². The van der Waals surface area contributed by atoms with Gasteiger partial charge in [-0.15, -0.1) is 0 Å². The van der Waals surface area contributed by atoms with Crippen molar-refractivity contribution < 1.29 is 19.0 Å². The molecule has 110 valence electrons. The lowest BCUT2D eigenvalue weighted by Crippen LogP contribution is -2.16. The molecule has 1 aliphatic rings. The smallest absolute Gasteiger partial charge is 0.162 e. The number of halogens is 2. The maximum atomic E-state index is 13.7. The number of rotatable bonds is 2. The maximum absolute atomic E-state index is 13.7. The summed E-state index contributed by atoms with van der Waals surface area (Å²) in [6.07, 6.45) is -0.940. The standard InChI is InChI=1S/C16H14BrFO3/c1-9-2-3-10(6-13(9)18)16(19)11-7-14-15(8-12(11)17)21-5-4-20-14/h2-3,6-8,16,19H,4-5H2,1H3. The molecule has 1 aliphatic heterocycles. The van der Waals surface area contributed by atoms with Gasteiger partial charge in [0.2, 0.25) is 0 Å². The van der Waals surface area contributed by atoms with Crippen LogP contribution in [0.5, 0.6) is 11.5 Å². The lowest BCUT2D eigenvalue weighted by molar-refractivity contribution is 0.169. The first kappa shape index (κ1) is 14.4. The SMILES string of the molecule is Cc1ccc(C(O)c2cc3c(cc2Br)OCCO3)cc1F. The van der Waals surface area contributed by atoms with Gasteiger partial charge in [-0.05, 0) is 36.2 Å². The first-order valence-electron chi connectivity index (χ1n) is 6.59. The van der Waals surface area contributed by atoms with E-state index in [0.717, 1.165) is 0 Å². The summed E-state index contributed by atoms with van der Waals surface area (Å²) in [6, 6.07) is 8.20. The molecule has 0 saturated heterocycles. The molecule has 1 heterocycles. The van der Waals surface area contributed by atoms with E-state index < -0.39 is 6.10 Å². The second-order valence-electron chi connectivity index (χ2n) is 4.93.